The quantitative estimate of drug-likeness (QED) is 0.464. The maximum Gasteiger partial charge on any atom is 0.255 e. The van der Waals surface area contributed by atoms with Crippen molar-refractivity contribution in [3.05, 3.63) is 70.9 Å². The number of piperidine rings is 1. The van der Waals surface area contributed by atoms with Crippen molar-refractivity contribution in [3.8, 4) is 5.75 Å². The van der Waals surface area contributed by atoms with Gasteiger partial charge in [0.25, 0.3) is 5.91 Å². The average Bonchev–Trinajstić information content (AvgIpc) is 3.69. The van der Waals surface area contributed by atoms with Crippen LogP contribution >= 0.6 is 0 Å². The van der Waals surface area contributed by atoms with Crippen LogP contribution in [0.3, 0.4) is 0 Å². The molecule has 3 saturated heterocycles. The number of aromatic nitrogens is 1. The number of carbonyl (C=O) groups is 3. The Kier molecular flexibility index (Phi) is 6.67. The second-order valence-corrected chi connectivity index (χ2v) is 11.4. The Labute approximate surface area is 236 Å². The number of hydrogen-bond acceptors (Lipinski definition) is 7. The van der Waals surface area contributed by atoms with E-state index in [-0.39, 0.29) is 31.3 Å². The lowest BCUT2D eigenvalue weighted by molar-refractivity contribution is -0.136. The Morgan fingerprint density at radius 3 is 2.78 bits per heavy atom. The summed E-state index contributed by atoms with van der Waals surface area (Å²) in [5.41, 5.74) is 4.35. The van der Waals surface area contributed by atoms with Gasteiger partial charge in [-0.25, -0.2) is 4.39 Å². The molecule has 7 rings (SSSR count). The molecule has 4 aliphatic rings. The van der Waals surface area contributed by atoms with Crippen molar-refractivity contribution in [1.29, 1.82) is 0 Å². The van der Waals surface area contributed by atoms with E-state index in [0.29, 0.717) is 36.7 Å². The number of fused-ring (bicyclic) bond motifs is 2. The second kappa shape index (κ2) is 10.5. The van der Waals surface area contributed by atoms with Crippen LogP contribution in [0.25, 0.3) is 10.9 Å². The minimum absolute atomic E-state index is 0.203. The van der Waals surface area contributed by atoms with Gasteiger partial charge in [-0.05, 0) is 60.4 Å². The molecule has 3 amide bonds. The minimum Gasteiger partial charge on any atom is -0.486 e. The molecule has 0 radical (unpaired) electrons. The third-order valence-corrected chi connectivity index (χ3v) is 8.59. The number of benzene rings is 2. The summed E-state index contributed by atoms with van der Waals surface area (Å²) in [6, 6.07) is 14.8. The van der Waals surface area contributed by atoms with E-state index in [0.717, 1.165) is 47.4 Å². The van der Waals surface area contributed by atoms with Gasteiger partial charge in [0.05, 0.1) is 12.1 Å². The lowest BCUT2D eigenvalue weighted by Crippen LogP contribution is -2.52. The van der Waals surface area contributed by atoms with Crippen molar-refractivity contribution >= 4 is 28.6 Å². The highest BCUT2D eigenvalue weighted by Gasteiger charge is 2.40. The van der Waals surface area contributed by atoms with Crippen molar-refractivity contribution in [2.24, 2.45) is 0 Å². The lowest BCUT2D eigenvalue weighted by atomic mass is 10.0. The molecule has 0 aliphatic carbocycles. The first-order chi connectivity index (χ1) is 19.9. The van der Waals surface area contributed by atoms with Gasteiger partial charge in [0, 0.05) is 61.8 Å². The first-order valence-electron chi connectivity index (χ1n) is 14.2. The van der Waals surface area contributed by atoms with Crippen LogP contribution in [-0.4, -0.2) is 77.1 Å². The average molecular weight is 559 g/mol. The van der Waals surface area contributed by atoms with Gasteiger partial charge in [-0.1, -0.05) is 12.1 Å². The van der Waals surface area contributed by atoms with Crippen molar-refractivity contribution in [3.63, 3.8) is 0 Å². The summed E-state index contributed by atoms with van der Waals surface area (Å²) in [6.07, 6.45) is -0.268. The summed E-state index contributed by atoms with van der Waals surface area (Å²) in [5.74, 6) is -0.157. The predicted molar refractivity (Wildman–Crippen MR) is 147 cm³/mol. The third kappa shape index (κ3) is 5.06. The maximum absolute atomic E-state index is 15.1. The number of likely N-dealkylation sites (tertiary alicyclic amines) is 1. The number of hydrogen-bond donors (Lipinski definition) is 1. The molecule has 212 valence electrons. The first-order valence-corrected chi connectivity index (χ1v) is 14.2. The van der Waals surface area contributed by atoms with Gasteiger partial charge >= 0.3 is 0 Å². The van der Waals surface area contributed by atoms with Crippen molar-refractivity contribution in [2.75, 3.05) is 26.3 Å². The van der Waals surface area contributed by atoms with E-state index >= 15 is 4.39 Å². The topological polar surface area (TPSA) is 101 Å². The largest absolute Gasteiger partial charge is 0.486 e. The fourth-order valence-electron chi connectivity index (χ4n) is 6.39. The Morgan fingerprint density at radius 2 is 1.95 bits per heavy atom. The first kappa shape index (κ1) is 26.0. The van der Waals surface area contributed by atoms with Crippen molar-refractivity contribution in [1.82, 2.24) is 20.1 Å². The summed E-state index contributed by atoms with van der Waals surface area (Å²) in [4.78, 5) is 45.1. The number of imide groups is 1. The Bertz CT molecular complexity index is 1540. The van der Waals surface area contributed by atoms with Gasteiger partial charge in [0.1, 0.15) is 17.9 Å². The Hall–Kier alpha value is -3.89. The highest BCUT2D eigenvalue weighted by Crippen LogP contribution is 2.32. The summed E-state index contributed by atoms with van der Waals surface area (Å²) in [6.45, 7) is 3.08. The fraction of sp³-hybridized carbons (Fsp3) is 0.419. The molecule has 41 heavy (non-hydrogen) atoms. The third-order valence-electron chi connectivity index (χ3n) is 8.59. The van der Waals surface area contributed by atoms with Crippen LogP contribution in [-0.2, 0) is 27.4 Å². The van der Waals surface area contributed by atoms with Crippen LogP contribution in [0, 0.1) is 0 Å². The molecule has 0 saturated carbocycles. The van der Waals surface area contributed by atoms with E-state index < -0.39 is 24.2 Å². The predicted octanol–water partition coefficient (Wildman–Crippen LogP) is 3.10. The van der Waals surface area contributed by atoms with Crippen LogP contribution in [0.15, 0.2) is 48.5 Å². The zero-order valence-electron chi connectivity index (χ0n) is 22.6. The number of rotatable bonds is 6. The van der Waals surface area contributed by atoms with E-state index in [1.807, 2.05) is 6.07 Å². The molecule has 4 atom stereocenters. The smallest absolute Gasteiger partial charge is 0.255 e. The lowest BCUT2D eigenvalue weighted by Gasteiger charge is -2.29. The molecular weight excluding hydrogens is 527 g/mol. The number of halogens is 1. The van der Waals surface area contributed by atoms with Crippen LogP contribution < -0.4 is 10.1 Å². The Morgan fingerprint density at radius 1 is 1.05 bits per heavy atom. The zero-order valence-corrected chi connectivity index (χ0v) is 22.6. The van der Waals surface area contributed by atoms with Gasteiger partial charge in [-0.2, -0.15) is 0 Å². The van der Waals surface area contributed by atoms with Gasteiger partial charge in [-0.3, -0.25) is 29.6 Å². The van der Waals surface area contributed by atoms with Gasteiger partial charge in [-0.15, -0.1) is 0 Å². The normalized spacial score (nSPS) is 26.6. The van der Waals surface area contributed by atoms with E-state index in [1.165, 1.54) is 4.90 Å². The minimum atomic E-state index is -1.15. The van der Waals surface area contributed by atoms with Crippen LogP contribution in [0.2, 0.25) is 0 Å². The molecule has 0 bridgehead atoms. The Balaban J connectivity index is 0.988. The highest BCUT2D eigenvalue weighted by molar-refractivity contribution is 6.05. The van der Waals surface area contributed by atoms with Crippen LogP contribution in [0.1, 0.15) is 52.4 Å². The molecule has 2 aromatic carbocycles. The highest BCUT2D eigenvalue weighted by atomic mass is 19.1. The van der Waals surface area contributed by atoms with E-state index in [4.69, 9.17) is 14.5 Å². The molecule has 3 fully saturated rings. The van der Waals surface area contributed by atoms with Crippen LogP contribution in [0.5, 0.6) is 5.75 Å². The SMILES string of the molecule is O=C1CCC(N2Cc3cc(O[C@@H]4CN(Cc5ccc6nc([C@H]7CCOC7)ccc6c5)C[C@H]4F)ccc3C2=O)C(=O)N1. The van der Waals surface area contributed by atoms with Gasteiger partial charge in [0.15, 0.2) is 6.17 Å². The molecule has 4 aliphatic heterocycles. The van der Waals surface area contributed by atoms with Crippen LogP contribution in [0.4, 0.5) is 4.39 Å². The van der Waals surface area contributed by atoms with Gasteiger partial charge in [0.2, 0.25) is 11.8 Å². The van der Waals surface area contributed by atoms with Crippen molar-refractivity contribution < 1.29 is 28.2 Å². The summed E-state index contributed by atoms with van der Waals surface area (Å²) >= 11 is 0. The molecule has 9 nitrogen and oxygen atoms in total. The molecular formula is C31H31FN4O5. The standard InChI is InChI=1S/C31H31FN4O5/c32-24-15-35(13-18-1-5-25-19(11-18)2-6-26(33-25)20-9-10-40-17-20)16-28(24)41-22-3-4-23-21(12-22)14-36(31(23)39)27-7-8-29(37)34-30(27)38/h1-6,11-12,20,24,27-28H,7-10,13-17H2,(H,34,37,38)/t20-,24+,27?,28+/m0/s1. The summed E-state index contributed by atoms with van der Waals surface area (Å²) < 4.78 is 26.6. The molecule has 0 spiro atoms. The number of nitrogens with one attached hydrogen (secondary N) is 1. The second-order valence-electron chi connectivity index (χ2n) is 11.4. The molecule has 10 heteroatoms. The van der Waals surface area contributed by atoms with E-state index in [9.17, 15) is 14.4 Å². The molecule has 5 heterocycles. The zero-order chi connectivity index (χ0) is 28.1. The summed E-state index contributed by atoms with van der Waals surface area (Å²) in [7, 11) is 0. The number of nitrogens with zero attached hydrogens (tertiary/aromatic N) is 3. The monoisotopic (exact) mass is 558 g/mol. The van der Waals surface area contributed by atoms with E-state index in [1.54, 1.807) is 18.2 Å². The fourth-order valence-corrected chi connectivity index (χ4v) is 6.39. The summed E-state index contributed by atoms with van der Waals surface area (Å²) in [5, 5.41) is 3.37. The number of carbonyl (C=O) groups excluding carboxylic acids is 3. The molecule has 1 aromatic heterocycles. The molecule has 1 N–H and O–H groups in total. The maximum atomic E-state index is 15.1. The number of ether oxygens (including phenoxy) is 2. The number of pyridine rings is 1. The number of amides is 3. The van der Waals surface area contributed by atoms with Crippen molar-refractivity contribution in [2.45, 2.75) is 56.6 Å². The van der Waals surface area contributed by atoms with Gasteiger partial charge < -0.3 is 14.4 Å². The molecule has 1 unspecified atom stereocenters. The number of alkyl halides is 1. The molecule has 3 aromatic rings. The van der Waals surface area contributed by atoms with E-state index in [2.05, 4.69) is 34.5 Å².